The van der Waals surface area contributed by atoms with Crippen molar-refractivity contribution < 1.29 is 14.5 Å². The zero-order chi connectivity index (χ0) is 12.1. The molecule has 1 aromatic carbocycles. The molecule has 16 heavy (non-hydrogen) atoms. The lowest BCUT2D eigenvalue weighted by Crippen LogP contribution is -2.06. The first-order chi connectivity index (χ1) is 7.60. The second kappa shape index (κ2) is 5.46. The average molecular weight is 244 g/mol. The van der Waals surface area contributed by atoms with Gasteiger partial charge in [0.05, 0.1) is 23.0 Å². The summed E-state index contributed by atoms with van der Waals surface area (Å²) in [6, 6.07) is 4.09. The van der Waals surface area contributed by atoms with Crippen LogP contribution in [0, 0.1) is 10.1 Å². The highest BCUT2D eigenvalue weighted by Gasteiger charge is 2.17. The van der Waals surface area contributed by atoms with E-state index in [1.54, 1.807) is 6.92 Å². The lowest BCUT2D eigenvalue weighted by Gasteiger charge is -2.03. The highest BCUT2D eigenvalue weighted by Crippen LogP contribution is 2.22. The second-order valence-electron chi connectivity index (χ2n) is 2.95. The van der Waals surface area contributed by atoms with Gasteiger partial charge >= 0.3 is 5.97 Å². The van der Waals surface area contributed by atoms with Crippen LogP contribution >= 0.6 is 11.6 Å². The van der Waals surface area contributed by atoms with Crippen molar-refractivity contribution in [3.05, 3.63) is 39.4 Å². The molecule has 0 aliphatic rings. The summed E-state index contributed by atoms with van der Waals surface area (Å²) in [7, 11) is 0. The first-order valence-electron chi connectivity index (χ1n) is 4.60. The molecule has 0 aliphatic heterocycles. The highest BCUT2D eigenvalue weighted by atomic mass is 35.5. The summed E-state index contributed by atoms with van der Waals surface area (Å²) in [5, 5.41) is 10.7. The van der Waals surface area contributed by atoms with Gasteiger partial charge in [-0.3, -0.25) is 10.1 Å². The summed E-state index contributed by atoms with van der Waals surface area (Å²) in [4.78, 5) is 21.5. The number of esters is 1. The molecule has 0 spiro atoms. The number of ether oxygens (including phenoxy) is 1. The summed E-state index contributed by atoms with van der Waals surface area (Å²) >= 11 is 5.55. The van der Waals surface area contributed by atoms with Gasteiger partial charge in [0, 0.05) is 11.6 Å². The fraction of sp³-hybridized carbons (Fsp3) is 0.300. The number of hydrogen-bond acceptors (Lipinski definition) is 4. The van der Waals surface area contributed by atoms with Gasteiger partial charge in [-0.05, 0) is 13.0 Å². The van der Waals surface area contributed by atoms with Crippen molar-refractivity contribution in [3.8, 4) is 0 Å². The van der Waals surface area contributed by atoms with Crippen LogP contribution in [0.1, 0.15) is 22.8 Å². The molecule has 0 unspecified atom stereocenters. The summed E-state index contributed by atoms with van der Waals surface area (Å²) in [6.07, 6.45) is 0. The topological polar surface area (TPSA) is 69.4 Å². The molecule has 0 N–H and O–H groups in total. The van der Waals surface area contributed by atoms with E-state index < -0.39 is 10.9 Å². The van der Waals surface area contributed by atoms with Gasteiger partial charge < -0.3 is 4.74 Å². The molecule has 6 heteroatoms. The number of rotatable bonds is 4. The Balaban J connectivity index is 3.11. The zero-order valence-electron chi connectivity index (χ0n) is 8.60. The Labute approximate surface area is 97.1 Å². The molecule has 86 valence electrons. The molecule has 1 aromatic rings. The molecular weight excluding hydrogens is 234 g/mol. The molecule has 0 saturated carbocycles. The van der Waals surface area contributed by atoms with E-state index in [0.717, 1.165) is 0 Å². The predicted molar refractivity (Wildman–Crippen MR) is 58.6 cm³/mol. The largest absolute Gasteiger partial charge is 0.462 e. The molecule has 0 atom stereocenters. The highest BCUT2D eigenvalue weighted by molar-refractivity contribution is 6.17. The van der Waals surface area contributed by atoms with Crippen molar-refractivity contribution in [1.29, 1.82) is 0 Å². The minimum Gasteiger partial charge on any atom is -0.462 e. The Morgan fingerprint density at radius 1 is 1.56 bits per heavy atom. The number of benzene rings is 1. The van der Waals surface area contributed by atoms with Crippen LogP contribution in [0.5, 0.6) is 0 Å². The van der Waals surface area contributed by atoms with Gasteiger partial charge in [0.2, 0.25) is 0 Å². The maximum absolute atomic E-state index is 11.3. The van der Waals surface area contributed by atoms with Crippen LogP contribution in [0.3, 0.4) is 0 Å². The van der Waals surface area contributed by atoms with Crippen LogP contribution in [-0.2, 0) is 10.6 Å². The van der Waals surface area contributed by atoms with Crippen molar-refractivity contribution in [2.75, 3.05) is 6.61 Å². The van der Waals surface area contributed by atoms with Gasteiger partial charge in [-0.25, -0.2) is 4.79 Å². The van der Waals surface area contributed by atoms with Crippen LogP contribution in [0.25, 0.3) is 0 Å². The lowest BCUT2D eigenvalue weighted by molar-refractivity contribution is -0.385. The number of hydrogen-bond donors (Lipinski definition) is 0. The Morgan fingerprint density at radius 2 is 2.25 bits per heavy atom. The fourth-order valence-electron chi connectivity index (χ4n) is 1.19. The van der Waals surface area contributed by atoms with E-state index in [-0.39, 0.29) is 23.7 Å². The summed E-state index contributed by atoms with van der Waals surface area (Å²) in [5.41, 5.74) is 0.364. The smallest absolute Gasteiger partial charge is 0.338 e. The normalized spacial score (nSPS) is 9.88. The molecule has 0 bridgehead atoms. The van der Waals surface area contributed by atoms with Gasteiger partial charge in [0.15, 0.2) is 0 Å². The first-order valence-corrected chi connectivity index (χ1v) is 5.14. The van der Waals surface area contributed by atoms with Gasteiger partial charge in [-0.1, -0.05) is 6.07 Å². The number of carbonyl (C=O) groups excluding carboxylic acids is 1. The molecule has 0 aromatic heterocycles. The van der Waals surface area contributed by atoms with Gasteiger partial charge in [-0.15, -0.1) is 11.6 Å². The van der Waals surface area contributed by atoms with E-state index >= 15 is 0 Å². The van der Waals surface area contributed by atoms with Crippen LogP contribution in [0.15, 0.2) is 18.2 Å². The summed E-state index contributed by atoms with van der Waals surface area (Å²) in [5.74, 6) is -0.550. The molecule has 1 rings (SSSR count). The Bertz CT molecular complexity index is 419. The molecule has 0 amide bonds. The van der Waals surface area contributed by atoms with Crippen molar-refractivity contribution in [2.45, 2.75) is 12.8 Å². The van der Waals surface area contributed by atoms with E-state index in [2.05, 4.69) is 0 Å². The van der Waals surface area contributed by atoms with Crippen LogP contribution < -0.4 is 0 Å². The van der Waals surface area contributed by atoms with Crippen molar-refractivity contribution in [2.24, 2.45) is 0 Å². The maximum Gasteiger partial charge on any atom is 0.338 e. The molecule has 0 radical (unpaired) electrons. The Hall–Kier alpha value is -1.62. The third-order valence-corrected chi connectivity index (χ3v) is 2.23. The third kappa shape index (κ3) is 2.70. The third-order valence-electron chi connectivity index (χ3n) is 1.94. The molecule has 0 heterocycles. The minimum atomic E-state index is -0.577. The SMILES string of the molecule is CCOC(=O)c1ccc(CCl)c([N+](=O)[O-])c1. The predicted octanol–water partition coefficient (Wildman–Crippen LogP) is 2.51. The lowest BCUT2D eigenvalue weighted by atomic mass is 10.1. The van der Waals surface area contributed by atoms with E-state index in [1.807, 2.05) is 0 Å². The van der Waals surface area contributed by atoms with E-state index in [4.69, 9.17) is 16.3 Å². The molecule has 0 fully saturated rings. The van der Waals surface area contributed by atoms with Gasteiger partial charge in [0.1, 0.15) is 0 Å². The Morgan fingerprint density at radius 3 is 2.75 bits per heavy atom. The number of halogens is 1. The van der Waals surface area contributed by atoms with Crippen LogP contribution in [0.4, 0.5) is 5.69 Å². The van der Waals surface area contributed by atoms with Crippen LogP contribution in [-0.4, -0.2) is 17.5 Å². The molecule has 5 nitrogen and oxygen atoms in total. The Kier molecular flexibility index (Phi) is 4.25. The van der Waals surface area contributed by atoms with Gasteiger partial charge in [0.25, 0.3) is 5.69 Å². The number of carbonyl (C=O) groups is 1. The average Bonchev–Trinajstić information content (AvgIpc) is 2.28. The van der Waals surface area contributed by atoms with Crippen molar-refractivity contribution in [1.82, 2.24) is 0 Å². The summed E-state index contributed by atoms with van der Waals surface area (Å²) < 4.78 is 4.74. The number of nitrogens with zero attached hydrogens (tertiary/aromatic N) is 1. The number of nitro benzene ring substituents is 1. The quantitative estimate of drug-likeness (QED) is 0.353. The second-order valence-corrected chi connectivity index (χ2v) is 3.22. The monoisotopic (exact) mass is 243 g/mol. The number of nitro groups is 1. The van der Waals surface area contributed by atoms with Gasteiger partial charge in [-0.2, -0.15) is 0 Å². The maximum atomic E-state index is 11.3. The van der Waals surface area contributed by atoms with Crippen molar-refractivity contribution in [3.63, 3.8) is 0 Å². The molecule has 0 aliphatic carbocycles. The summed E-state index contributed by atoms with van der Waals surface area (Å²) in [6.45, 7) is 1.89. The number of alkyl halides is 1. The van der Waals surface area contributed by atoms with E-state index in [9.17, 15) is 14.9 Å². The standard InChI is InChI=1S/C10H10ClNO4/c1-2-16-10(13)7-3-4-8(6-11)9(5-7)12(14)15/h3-5H,2,6H2,1H3. The van der Waals surface area contributed by atoms with Crippen molar-refractivity contribution >= 4 is 23.3 Å². The molecular formula is C10H10ClNO4. The zero-order valence-corrected chi connectivity index (χ0v) is 9.36. The van der Waals surface area contributed by atoms with Crippen LogP contribution in [0.2, 0.25) is 0 Å². The van der Waals surface area contributed by atoms with E-state index in [0.29, 0.717) is 5.56 Å². The minimum absolute atomic E-state index is 0.0272. The molecule has 0 saturated heterocycles. The van der Waals surface area contributed by atoms with E-state index in [1.165, 1.54) is 18.2 Å². The fourth-order valence-corrected chi connectivity index (χ4v) is 1.41. The first kappa shape index (κ1) is 12.4.